The Morgan fingerprint density at radius 3 is 1.03 bits per heavy atom. The van der Waals surface area contributed by atoms with E-state index >= 15 is 0 Å². The lowest BCUT2D eigenvalue weighted by Gasteiger charge is -2.31. The van der Waals surface area contributed by atoms with E-state index in [9.17, 15) is 0 Å². The smallest absolute Gasteiger partial charge is 0.0810 e. The lowest BCUT2D eigenvalue weighted by molar-refractivity contribution is 0.584. The Kier molecular flexibility index (Phi) is 18.9. The molecule has 4 heteroatoms. The molecule has 0 amide bonds. The van der Waals surface area contributed by atoms with Crippen molar-refractivity contribution in [3.63, 3.8) is 0 Å². The average Bonchev–Trinajstić information content (AvgIpc) is 2.86. The predicted molar refractivity (Wildman–Crippen MR) is 181 cm³/mol. The highest BCUT2D eigenvalue weighted by atomic mass is 79.9. The van der Waals surface area contributed by atoms with Crippen molar-refractivity contribution in [2.45, 2.75) is 166 Å². The topological polar surface area (TPSA) is 0 Å². The minimum absolute atomic E-state index is 1.01. The second kappa shape index (κ2) is 19.6. The normalized spacial score (nSPS) is 12.4. The van der Waals surface area contributed by atoms with Gasteiger partial charge in [-0.15, -0.1) is 0 Å². The van der Waals surface area contributed by atoms with Gasteiger partial charge in [-0.3, -0.25) is 0 Å². The first kappa shape index (κ1) is 34.6. The number of halogens is 2. The molecule has 210 valence electrons. The summed E-state index contributed by atoms with van der Waals surface area (Å²) in [5.41, 5.74) is 3.20. The lowest BCUT2D eigenvalue weighted by atomic mass is 10.1. The molecule has 0 nitrogen and oxygen atoms in total. The van der Waals surface area contributed by atoms with Crippen molar-refractivity contribution in [2.75, 3.05) is 0 Å². The third kappa shape index (κ3) is 13.1. The van der Waals surface area contributed by atoms with Crippen LogP contribution in [-0.4, -0.2) is 16.1 Å². The van der Waals surface area contributed by atoms with Crippen LogP contribution < -0.4 is 10.4 Å². The average molecular weight is 661 g/mol. The Balaban J connectivity index is 2.74. The molecule has 0 heterocycles. The van der Waals surface area contributed by atoms with Crippen LogP contribution in [0, 0.1) is 0 Å². The number of hydrogen-bond acceptors (Lipinski definition) is 0. The van der Waals surface area contributed by atoms with Gasteiger partial charge < -0.3 is 0 Å². The van der Waals surface area contributed by atoms with Crippen LogP contribution in [0.5, 0.6) is 0 Å². The highest BCUT2D eigenvalue weighted by molar-refractivity contribution is 9.08. The summed E-state index contributed by atoms with van der Waals surface area (Å²) in [6, 6.07) is 8.17. The van der Waals surface area contributed by atoms with Gasteiger partial charge in [-0.1, -0.05) is 209 Å². The molecular weight excluding hydrogens is 600 g/mol. The van der Waals surface area contributed by atoms with Gasteiger partial charge in [0.05, 0.1) is 16.1 Å². The molecule has 1 rings (SSSR count). The summed E-state index contributed by atoms with van der Waals surface area (Å²) in [7, 11) is -2.88. The van der Waals surface area contributed by atoms with Crippen LogP contribution in [0.4, 0.5) is 0 Å². The molecule has 0 saturated heterocycles. The summed E-state index contributed by atoms with van der Waals surface area (Å²) in [6.45, 7) is 15.1. The first-order valence-corrected chi connectivity index (χ1v) is 24.2. The van der Waals surface area contributed by atoms with Crippen molar-refractivity contribution in [1.82, 2.24) is 0 Å². The van der Waals surface area contributed by atoms with E-state index in [1.807, 2.05) is 0 Å². The third-order valence-electron chi connectivity index (χ3n) is 8.39. The summed E-state index contributed by atoms with van der Waals surface area (Å²) >= 11 is 7.79. The molecule has 0 spiro atoms. The van der Waals surface area contributed by atoms with Crippen molar-refractivity contribution in [3.05, 3.63) is 23.3 Å². The van der Waals surface area contributed by atoms with Crippen molar-refractivity contribution in [1.29, 1.82) is 0 Å². The Bertz CT molecular complexity index is 640. The van der Waals surface area contributed by atoms with Crippen molar-refractivity contribution in [3.8, 4) is 0 Å². The molecule has 0 aromatic heterocycles. The summed E-state index contributed by atoms with van der Waals surface area (Å²) in [5.74, 6) is 0. The van der Waals surface area contributed by atoms with Crippen LogP contribution in [0.1, 0.15) is 128 Å². The number of hydrogen-bond donors (Lipinski definition) is 0. The van der Waals surface area contributed by atoms with E-state index < -0.39 is 16.1 Å². The van der Waals surface area contributed by atoms with Gasteiger partial charge in [-0.25, -0.2) is 0 Å². The fraction of sp³-hybridized carbons (Fsp3) is 0.812. The van der Waals surface area contributed by atoms with Crippen molar-refractivity contribution in [2.24, 2.45) is 0 Å². The van der Waals surface area contributed by atoms with Gasteiger partial charge >= 0.3 is 0 Å². The molecule has 0 aliphatic rings. The van der Waals surface area contributed by atoms with Gasteiger partial charge in [-0.05, 0) is 11.1 Å². The summed E-state index contributed by atoms with van der Waals surface area (Å²) in [4.78, 5) is 0. The van der Waals surface area contributed by atoms with E-state index in [1.54, 1.807) is 21.5 Å². The second-order valence-corrected chi connectivity index (χ2v) is 23.4. The molecule has 0 saturated carbocycles. The van der Waals surface area contributed by atoms with Crippen LogP contribution in [0.15, 0.2) is 12.1 Å². The maximum atomic E-state index is 3.90. The van der Waals surface area contributed by atoms with E-state index in [0.717, 1.165) is 10.7 Å². The van der Waals surface area contributed by atoms with Gasteiger partial charge in [-0.2, -0.15) is 0 Å². The van der Waals surface area contributed by atoms with Crippen LogP contribution in [0.2, 0.25) is 38.3 Å². The minimum Gasteiger partial charge on any atom is -0.0876 e. The SMILES string of the molecule is CCCCCCCCCC[Si](C)(C)c1cc(CBr)c([Si](C)(C)CCCCCCCCCC)cc1CBr. The number of alkyl halides is 2. The zero-order chi connectivity index (χ0) is 26.9. The number of benzene rings is 1. The fourth-order valence-corrected chi connectivity index (χ4v) is 13.3. The lowest BCUT2D eigenvalue weighted by Crippen LogP contribution is -2.48. The molecule has 0 atom stereocenters. The molecule has 0 N–H and O–H groups in total. The largest absolute Gasteiger partial charge is 0.0876 e. The first-order valence-electron chi connectivity index (χ1n) is 15.5. The molecule has 1 aromatic carbocycles. The van der Waals surface area contributed by atoms with E-state index in [4.69, 9.17) is 0 Å². The van der Waals surface area contributed by atoms with E-state index in [1.165, 1.54) is 115 Å². The Morgan fingerprint density at radius 2 is 0.750 bits per heavy atom. The van der Waals surface area contributed by atoms with Crippen molar-refractivity contribution < 1.29 is 0 Å². The van der Waals surface area contributed by atoms with Crippen LogP contribution >= 0.6 is 31.9 Å². The molecule has 1 aromatic rings. The maximum Gasteiger partial charge on any atom is 0.0810 e. The highest BCUT2D eigenvalue weighted by Crippen LogP contribution is 2.24. The summed E-state index contributed by atoms with van der Waals surface area (Å²) in [6.07, 6.45) is 22.7. The Hall–Kier alpha value is 0.614. The molecule has 0 aliphatic carbocycles. The van der Waals surface area contributed by atoms with Gasteiger partial charge in [0.2, 0.25) is 0 Å². The number of rotatable bonds is 22. The minimum atomic E-state index is -1.44. The Labute approximate surface area is 245 Å². The zero-order valence-corrected chi connectivity index (χ0v) is 30.2. The molecular formula is C32H60Br2Si2. The van der Waals surface area contributed by atoms with E-state index in [2.05, 4.69) is 84.0 Å². The molecule has 0 fully saturated rings. The van der Waals surface area contributed by atoms with E-state index in [0.29, 0.717) is 0 Å². The van der Waals surface area contributed by atoms with Crippen molar-refractivity contribution >= 4 is 58.4 Å². The van der Waals surface area contributed by atoms with Crippen LogP contribution in [0.25, 0.3) is 0 Å². The maximum absolute atomic E-state index is 3.90. The van der Waals surface area contributed by atoms with Gasteiger partial charge in [0, 0.05) is 10.7 Å². The number of unbranched alkanes of at least 4 members (excludes halogenated alkanes) is 14. The first-order chi connectivity index (χ1) is 17.2. The van der Waals surface area contributed by atoms with Gasteiger partial charge in [0.15, 0.2) is 0 Å². The third-order valence-corrected chi connectivity index (χ3v) is 16.6. The van der Waals surface area contributed by atoms with E-state index in [-0.39, 0.29) is 0 Å². The predicted octanol–water partition coefficient (Wildman–Crippen LogP) is 11.6. The highest BCUT2D eigenvalue weighted by Gasteiger charge is 2.31. The monoisotopic (exact) mass is 658 g/mol. The molecule has 0 aliphatic heterocycles. The quantitative estimate of drug-likeness (QED) is 0.0660. The molecule has 0 unspecified atom stereocenters. The summed E-state index contributed by atoms with van der Waals surface area (Å²) in [5, 5.41) is 5.46. The molecule has 0 bridgehead atoms. The van der Waals surface area contributed by atoms with Gasteiger partial charge in [0.25, 0.3) is 0 Å². The molecule has 0 radical (unpaired) electrons. The summed E-state index contributed by atoms with van der Waals surface area (Å²) < 4.78 is 0. The zero-order valence-electron chi connectivity index (χ0n) is 25.1. The van der Waals surface area contributed by atoms with Crippen LogP contribution in [0.3, 0.4) is 0 Å². The Morgan fingerprint density at radius 1 is 0.472 bits per heavy atom. The standard InChI is InChI=1S/C32H60Br2Si2/c1-7-9-11-13-15-17-19-21-23-35(3,4)31-25-30(28-34)32(26-29(31)27-33)36(5,6)24-22-20-18-16-14-12-10-8-2/h25-26H,7-24,27-28H2,1-6H3. The molecule has 36 heavy (non-hydrogen) atoms. The fourth-order valence-electron chi connectivity index (χ4n) is 5.84. The van der Waals surface area contributed by atoms with Crippen LogP contribution in [-0.2, 0) is 10.7 Å². The van der Waals surface area contributed by atoms with Gasteiger partial charge in [0.1, 0.15) is 0 Å². The second-order valence-electron chi connectivity index (χ2n) is 12.7.